The number of rotatable bonds is 6. The highest BCUT2D eigenvalue weighted by Gasteiger charge is 2.06. The molecule has 0 radical (unpaired) electrons. The van der Waals surface area contributed by atoms with Crippen LogP contribution in [-0.2, 0) is 0 Å². The quantitative estimate of drug-likeness (QED) is 0.764. The molecule has 0 spiro atoms. The molecular weight excluding hydrogens is 240 g/mol. The summed E-state index contributed by atoms with van der Waals surface area (Å²) in [5, 5.41) is 12.1. The van der Waals surface area contributed by atoms with Gasteiger partial charge in [0.05, 0.1) is 5.02 Å². The van der Waals surface area contributed by atoms with E-state index in [2.05, 4.69) is 10.3 Å². The lowest BCUT2D eigenvalue weighted by atomic mass is 10.1. The van der Waals surface area contributed by atoms with E-state index in [0.717, 1.165) is 12.8 Å². The molecule has 0 aliphatic carbocycles. The molecule has 94 valence electrons. The number of carbonyl (C=O) groups excluding carboxylic acids is 1. The second kappa shape index (κ2) is 7.25. The molecular formula is C12H17ClN2O2. The summed E-state index contributed by atoms with van der Waals surface area (Å²) in [6, 6.07) is 3.23. The lowest BCUT2D eigenvalue weighted by molar-refractivity contribution is 0.0947. The molecule has 0 aliphatic rings. The number of aliphatic hydroxyl groups is 1. The average Bonchev–Trinajstić information content (AvgIpc) is 2.34. The molecule has 4 nitrogen and oxygen atoms in total. The van der Waals surface area contributed by atoms with E-state index < -0.39 is 0 Å². The van der Waals surface area contributed by atoms with Crippen molar-refractivity contribution in [3.8, 4) is 0 Å². The predicted molar refractivity (Wildman–Crippen MR) is 67.1 cm³/mol. The molecule has 0 aliphatic heterocycles. The number of nitrogens with one attached hydrogen (secondary N) is 1. The number of amides is 1. The third-order valence-electron chi connectivity index (χ3n) is 2.43. The second-order valence-corrected chi connectivity index (χ2v) is 4.48. The van der Waals surface area contributed by atoms with E-state index in [1.54, 1.807) is 12.1 Å². The van der Waals surface area contributed by atoms with Gasteiger partial charge in [-0.2, -0.15) is 0 Å². The Morgan fingerprint density at radius 2 is 2.35 bits per heavy atom. The minimum atomic E-state index is -0.196. The Kier molecular flexibility index (Phi) is 5.94. The van der Waals surface area contributed by atoms with Crippen LogP contribution < -0.4 is 5.32 Å². The van der Waals surface area contributed by atoms with Crippen molar-refractivity contribution in [2.75, 3.05) is 13.2 Å². The Morgan fingerprint density at radius 3 is 2.94 bits per heavy atom. The molecule has 5 heteroatoms. The van der Waals surface area contributed by atoms with Crippen LogP contribution in [0.3, 0.4) is 0 Å². The van der Waals surface area contributed by atoms with Gasteiger partial charge in [-0.05, 0) is 30.9 Å². The highest BCUT2D eigenvalue weighted by molar-refractivity contribution is 6.30. The predicted octanol–water partition coefficient (Wildman–Crippen LogP) is 1.87. The zero-order chi connectivity index (χ0) is 12.7. The maximum atomic E-state index is 11.6. The molecule has 0 saturated carbocycles. The van der Waals surface area contributed by atoms with Crippen molar-refractivity contribution in [2.24, 2.45) is 5.92 Å². The minimum Gasteiger partial charge on any atom is -0.396 e. The fourth-order valence-electron chi connectivity index (χ4n) is 1.34. The van der Waals surface area contributed by atoms with Crippen LogP contribution >= 0.6 is 11.6 Å². The number of nitrogens with zero attached hydrogens (tertiary/aromatic N) is 1. The van der Waals surface area contributed by atoms with E-state index in [9.17, 15) is 4.79 Å². The molecule has 0 bridgehead atoms. The molecule has 1 atom stereocenters. The molecule has 1 unspecified atom stereocenters. The summed E-state index contributed by atoms with van der Waals surface area (Å²) < 4.78 is 0. The van der Waals surface area contributed by atoms with Crippen LogP contribution in [0.5, 0.6) is 0 Å². The van der Waals surface area contributed by atoms with Crippen LogP contribution in [0.15, 0.2) is 18.3 Å². The van der Waals surface area contributed by atoms with Crippen molar-refractivity contribution >= 4 is 17.5 Å². The van der Waals surface area contributed by atoms with Crippen molar-refractivity contribution in [3.63, 3.8) is 0 Å². The summed E-state index contributed by atoms with van der Waals surface area (Å²) in [7, 11) is 0. The number of carbonyl (C=O) groups is 1. The lowest BCUT2D eigenvalue weighted by Gasteiger charge is -2.08. The number of aliphatic hydroxyl groups excluding tert-OH is 1. The van der Waals surface area contributed by atoms with Crippen LogP contribution in [0.4, 0.5) is 0 Å². The van der Waals surface area contributed by atoms with Crippen LogP contribution in [0, 0.1) is 5.92 Å². The van der Waals surface area contributed by atoms with Gasteiger partial charge in [-0.15, -0.1) is 0 Å². The molecule has 0 aromatic carbocycles. The first-order chi connectivity index (χ1) is 8.13. The molecule has 1 amide bonds. The maximum Gasteiger partial charge on any atom is 0.269 e. The first-order valence-electron chi connectivity index (χ1n) is 5.64. The Hall–Kier alpha value is -1.13. The Labute approximate surface area is 106 Å². The first kappa shape index (κ1) is 13.9. The van der Waals surface area contributed by atoms with Gasteiger partial charge in [0.25, 0.3) is 5.91 Å². The fourth-order valence-corrected chi connectivity index (χ4v) is 1.46. The van der Waals surface area contributed by atoms with Gasteiger partial charge in [0.1, 0.15) is 5.69 Å². The van der Waals surface area contributed by atoms with E-state index in [1.165, 1.54) is 6.20 Å². The van der Waals surface area contributed by atoms with Gasteiger partial charge in [0.15, 0.2) is 0 Å². The first-order valence-corrected chi connectivity index (χ1v) is 6.02. The molecule has 1 rings (SSSR count). The van der Waals surface area contributed by atoms with Gasteiger partial charge in [-0.25, -0.2) is 4.98 Å². The summed E-state index contributed by atoms with van der Waals surface area (Å²) in [6.07, 6.45) is 3.19. The van der Waals surface area contributed by atoms with Crippen molar-refractivity contribution in [3.05, 3.63) is 29.0 Å². The van der Waals surface area contributed by atoms with Crippen molar-refractivity contribution < 1.29 is 9.90 Å². The molecule has 0 fully saturated rings. The van der Waals surface area contributed by atoms with Gasteiger partial charge < -0.3 is 10.4 Å². The summed E-state index contributed by atoms with van der Waals surface area (Å²) in [4.78, 5) is 15.5. The van der Waals surface area contributed by atoms with E-state index in [4.69, 9.17) is 16.7 Å². The van der Waals surface area contributed by atoms with Crippen LogP contribution in [0.1, 0.15) is 30.3 Å². The second-order valence-electron chi connectivity index (χ2n) is 4.05. The van der Waals surface area contributed by atoms with Crippen molar-refractivity contribution in [1.29, 1.82) is 0 Å². The van der Waals surface area contributed by atoms with Gasteiger partial charge in [0.2, 0.25) is 0 Å². The number of hydrogen-bond donors (Lipinski definition) is 2. The fraction of sp³-hybridized carbons (Fsp3) is 0.500. The number of aromatic nitrogens is 1. The van der Waals surface area contributed by atoms with E-state index >= 15 is 0 Å². The van der Waals surface area contributed by atoms with Crippen molar-refractivity contribution in [2.45, 2.75) is 19.8 Å². The SMILES string of the molecule is CC(CO)CCCNC(=O)c1ccc(Cl)cn1. The molecule has 0 saturated heterocycles. The van der Waals surface area contributed by atoms with E-state index in [1.807, 2.05) is 6.92 Å². The maximum absolute atomic E-state index is 11.6. The Morgan fingerprint density at radius 1 is 1.59 bits per heavy atom. The normalized spacial score (nSPS) is 12.2. The average molecular weight is 257 g/mol. The van der Waals surface area contributed by atoms with Crippen LogP contribution in [0.25, 0.3) is 0 Å². The van der Waals surface area contributed by atoms with Crippen molar-refractivity contribution in [1.82, 2.24) is 10.3 Å². The van der Waals surface area contributed by atoms with Gasteiger partial charge in [-0.1, -0.05) is 18.5 Å². The largest absolute Gasteiger partial charge is 0.396 e. The lowest BCUT2D eigenvalue weighted by Crippen LogP contribution is -2.25. The highest BCUT2D eigenvalue weighted by Crippen LogP contribution is 2.06. The molecule has 1 aromatic heterocycles. The highest BCUT2D eigenvalue weighted by atomic mass is 35.5. The van der Waals surface area contributed by atoms with Gasteiger partial charge in [0, 0.05) is 19.3 Å². The Balaban J connectivity index is 2.28. The summed E-state index contributed by atoms with van der Waals surface area (Å²) >= 11 is 5.68. The topological polar surface area (TPSA) is 62.2 Å². The standard InChI is InChI=1S/C12H17ClN2O2/c1-9(8-16)3-2-6-14-12(17)11-5-4-10(13)7-15-11/h4-5,7,9,16H,2-3,6,8H2,1H3,(H,14,17). The number of pyridine rings is 1. The van der Waals surface area contributed by atoms with Gasteiger partial charge >= 0.3 is 0 Å². The Bertz CT molecular complexity index is 354. The molecule has 2 N–H and O–H groups in total. The summed E-state index contributed by atoms with van der Waals surface area (Å²) in [6.45, 7) is 2.75. The van der Waals surface area contributed by atoms with E-state index in [0.29, 0.717) is 17.3 Å². The third kappa shape index (κ3) is 5.15. The minimum absolute atomic E-state index is 0.187. The summed E-state index contributed by atoms with van der Waals surface area (Å²) in [5.41, 5.74) is 0.365. The molecule has 17 heavy (non-hydrogen) atoms. The van der Waals surface area contributed by atoms with Crippen LogP contribution in [-0.4, -0.2) is 29.1 Å². The number of halogens is 1. The zero-order valence-electron chi connectivity index (χ0n) is 9.82. The third-order valence-corrected chi connectivity index (χ3v) is 2.65. The molecule has 1 aromatic rings. The van der Waals surface area contributed by atoms with E-state index in [-0.39, 0.29) is 18.4 Å². The smallest absolute Gasteiger partial charge is 0.269 e. The molecule has 1 heterocycles. The van der Waals surface area contributed by atoms with Crippen LogP contribution in [0.2, 0.25) is 5.02 Å². The van der Waals surface area contributed by atoms with Gasteiger partial charge in [-0.3, -0.25) is 4.79 Å². The monoisotopic (exact) mass is 256 g/mol. The summed E-state index contributed by atoms with van der Waals surface area (Å²) in [5.74, 6) is 0.0823. The zero-order valence-corrected chi connectivity index (χ0v) is 10.6. The number of hydrogen-bond acceptors (Lipinski definition) is 3.